The molecule has 0 aliphatic carbocycles. The van der Waals surface area contributed by atoms with Crippen LogP contribution < -0.4 is 5.32 Å². The van der Waals surface area contributed by atoms with Crippen LogP contribution in [-0.2, 0) is 14.3 Å². The van der Waals surface area contributed by atoms with E-state index in [-0.39, 0.29) is 13.0 Å². The first-order valence-electron chi connectivity index (χ1n) is 4.84. The Morgan fingerprint density at radius 1 is 1.47 bits per heavy atom. The number of rotatable bonds is 10. The average molecular weight is 221 g/mol. The van der Waals surface area contributed by atoms with Crippen LogP contribution in [-0.4, -0.2) is 62.3 Å². The highest BCUT2D eigenvalue weighted by Gasteiger charge is 2.03. The molecule has 0 spiro atoms. The fourth-order valence-corrected chi connectivity index (χ4v) is 0.885. The Hall–Kier alpha value is -0.690. The second kappa shape index (κ2) is 9.85. The molecule has 0 aliphatic rings. The van der Waals surface area contributed by atoms with Crippen molar-refractivity contribution in [1.82, 2.24) is 5.32 Å². The standard InChI is InChI=1S/C9H19NO5/c1-14-4-5-15-7-8(11)6-10-3-2-9(12)13/h8,10-11H,2-7H2,1H3,(H,12,13). The highest BCUT2D eigenvalue weighted by molar-refractivity contribution is 5.66. The number of nitrogens with one attached hydrogen (secondary N) is 1. The van der Waals surface area contributed by atoms with Crippen molar-refractivity contribution < 1.29 is 24.5 Å². The molecule has 3 N–H and O–H groups in total. The molecule has 0 bridgehead atoms. The number of hydrogen-bond donors (Lipinski definition) is 3. The molecule has 0 amide bonds. The average Bonchev–Trinajstić information content (AvgIpc) is 2.19. The molecule has 0 aromatic carbocycles. The lowest BCUT2D eigenvalue weighted by atomic mass is 10.3. The predicted octanol–water partition coefficient (Wildman–Crippen LogP) is -0.925. The quantitative estimate of drug-likeness (QED) is 0.413. The summed E-state index contributed by atoms with van der Waals surface area (Å²) in [7, 11) is 1.58. The molecule has 0 saturated carbocycles. The number of aliphatic hydroxyl groups excluding tert-OH is 1. The molecule has 0 aliphatic heterocycles. The summed E-state index contributed by atoms with van der Waals surface area (Å²) in [4.78, 5) is 10.1. The highest BCUT2D eigenvalue weighted by Crippen LogP contribution is 1.85. The van der Waals surface area contributed by atoms with Gasteiger partial charge in [-0.3, -0.25) is 4.79 Å². The topological polar surface area (TPSA) is 88.0 Å². The number of aliphatic hydroxyl groups is 1. The Bertz CT molecular complexity index is 165. The van der Waals surface area contributed by atoms with Crippen LogP contribution in [0, 0.1) is 0 Å². The smallest absolute Gasteiger partial charge is 0.304 e. The third kappa shape index (κ3) is 11.2. The van der Waals surface area contributed by atoms with Gasteiger partial charge < -0.3 is 25.0 Å². The molecule has 1 atom stereocenters. The van der Waals surface area contributed by atoms with Gasteiger partial charge in [-0.1, -0.05) is 0 Å². The number of carbonyl (C=O) groups is 1. The molecule has 0 fully saturated rings. The minimum absolute atomic E-state index is 0.0528. The molecule has 0 rings (SSSR count). The van der Waals surface area contributed by atoms with Crippen LogP contribution in [0.1, 0.15) is 6.42 Å². The van der Waals surface area contributed by atoms with Gasteiger partial charge in [-0.25, -0.2) is 0 Å². The third-order valence-electron chi connectivity index (χ3n) is 1.64. The molecule has 0 heterocycles. The van der Waals surface area contributed by atoms with E-state index in [9.17, 15) is 9.90 Å². The zero-order chi connectivity index (χ0) is 11.5. The summed E-state index contributed by atoms with van der Waals surface area (Å²) in [5, 5.41) is 20.5. The Morgan fingerprint density at radius 3 is 2.80 bits per heavy atom. The summed E-state index contributed by atoms with van der Waals surface area (Å²) in [5.74, 6) is -0.853. The maximum absolute atomic E-state index is 10.1. The SMILES string of the molecule is COCCOCC(O)CNCCC(=O)O. The molecular weight excluding hydrogens is 202 g/mol. The van der Waals surface area contributed by atoms with Gasteiger partial charge in [-0.2, -0.15) is 0 Å². The summed E-state index contributed by atoms with van der Waals surface area (Å²) in [6.07, 6.45) is -0.562. The monoisotopic (exact) mass is 221 g/mol. The molecule has 15 heavy (non-hydrogen) atoms. The van der Waals surface area contributed by atoms with Crippen molar-refractivity contribution in [2.24, 2.45) is 0 Å². The maximum atomic E-state index is 10.1. The zero-order valence-corrected chi connectivity index (χ0v) is 8.94. The minimum atomic E-state index is -0.853. The summed E-state index contributed by atoms with van der Waals surface area (Å²) in [6, 6.07) is 0. The molecule has 0 saturated heterocycles. The van der Waals surface area contributed by atoms with Gasteiger partial charge in [-0.15, -0.1) is 0 Å². The first-order valence-corrected chi connectivity index (χ1v) is 4.84. The van der Waals surface area contributed by atoms with Crippen molar-refractivity contribution in [3.63, 3.8) is 0 Å². The largest absolute Gasteiger partial charge is 0.481 e. The van der Waals surface area contributed by atoms with Gasteiger partial charge >= 0.3 is 5.97 Å². The van der Waals surface area contributed by atoms with E-state index in [1.54, 1.807) is 7.11 Å². The number of carboxylic acids is 1. The van der Waals surface area contributed by atoms with E-state index in [0.29, 0.717) is 26.3 Å². The van der Waals surface area contributed by atoms with Crippen molar-refractivity contribution in [1.29, 1.82) is 0 Å². The number of aliphatic carboxylic acids is 1. The maximum Gasteiger partial charge on any atom is 0.304 e. The second-order valence-electron chi connectivity index (χ2n) is 3.07. The van der Waals surface area contributed by atoms with Crippen LogP contribution in [0.4, 0.5) is 0 Å². The number of hydrogen-bond acceptors (Lipinski definition) is 5. The van der Waals surface area contributed by atoms with Gasteiger partial charge in [0.1, 0.15) is 0 Å². The van der Waals surface area contributed by atoms with E-state index in [1.165, 1.54) is 0 Å². The molecular formula is C9H19NO5. The Morgan fingerprint density at radius 2 is 2.20 bits per heavy atom. The van der Waals surface area contributed by atoms with E-state index >= 15 is 0 Å². The van der Waals surface area contributed by atoms with Gasteiger partial charge in [0.25, 0.3) is 0 Å². The lowest BCUT2D eigenvalue weighted by molar-refractivity contribution is -0.136. The summed E-state index contributed by atoms with van der Waals surface area (Å²) in [5.41, 5.74) is 0. The van der Waals surface area contributed by atoms with Crippen LogP contribution in [0.2, 0.25) is 0 Å². The van der Waals surface area contributed by atoms with Crippen molar-refractivity contribution in [2.75, 3.05) is 40.0 Å². The highest BCUT2D eigenvalue weighted by atomic mass is 16.5. The number of carboxylic acid groups (broad SMARTS) is 1. The van der Waals surface area contributed by atoms with Crippen molar-refractivity contribution in [3.05, 3.63) is 0 Å². The van der Waals surface area contributed by atoms with Crippen LogP contribution in [0.5, 0.6) is 0 Å². The zero-order valence-electron chi connectivity index (χ0n) is 8.94. The lowest BCUT2D eigenvalue weighted by Gasteiger charge is -2.11. The van der Waals surface area contributed by atoms with Gasteiger partial charge in [0.05, 0.1) is 32.3 Å². The van der Waals surface area contributed by atoms with Gasteiger partial charge in [0.2, 0.25) is 0 Å². The minimum Gasteiger partial charge on any atom is -0.481 e. The van der Waals surface area contributed by atoms with Gasteiger partial charge in [-0.05, 0) is 0 Å². The van der Waals surface area contributed by atoms with Crippen LogP contribution in [0.25, 0.3) is 0 Å². The van der Waals surface area contributed by atoms with Crippen molar-refractivity contribution in [2.45, 2.75) is 12.5 Å². The van der Waals surface area contributed by atoms with E-state index in [1.807, 2.05) is 0 Å². The fraction of sp³-hybridized carbons (Fsp3) is 0.889. The molecule has 0 aromatic heterocycles. The molecule has 90 valence electrons. The number of ether oxygens (including phenoxy) is 2. The molecule has 6 nitrogen and oxygen atoms in total. The third-order valence-corrected chi connectivity index (χ3v) is 1.64. The van der Waals surface area contributed by atoms with Crippen molar-refractivity contribution in [3.8, 4) is 0 Å². The molecule has 1 unspecified atom stereocenters. The second-order valence-corrected chi connectivity index (χ2v) is 3.07. The molecule has 6 heteroatoms. The Balaban J connectivity index is 3.18. The number of methoxy groups -OCH3 is 1. The van der Waals surface area contributed by atoms with E-state index in [2.05, 4.69) is 5.32 Å². The lowest BCUT2D eigenvalue weighted by Crippen LogP contribution is -2.32. The van der Waals surface area contributed by atoms with Crippen molar-refractivity contribution >= 4 is 5.97 Å². The van der Waals surface area contributed by atoms with Crippen LogP contribution in [0.15, 0.2) is 0 Å². The fourth-order valence-electron chi connectivity index (χ4n) is 0.885. The molecule has 0 radical (unpaired) electrons. The first-order chi connectivity index (χ1) is 7.16. The van der Waals surface area contributed by atoms with Gasteiger partial charge in [0.15, 0.2) is 0 Å². The first kappa shape index (κ1) is 14.3. The summed E-state index contributed by atoms with van der Waals surface area (Å²) < 4.78 is 9.84. The summed E-state index contributed by atoms with van der Waals surface area (Å²) >= 11 is 0. The van der Waals surface area contributed by atoms with E-state index in [4.69, 9.17) is 14.6 Å². The van der Waals surface area contributed by atoms with Gasteiger partial charge in [0, 0.05) is 20.2 Å². The normalized spacial score (nSPS) is 12.7. The summed E-state index contributed by atoms with van der Waals surface area (Å²) in [6.45, 7) is 1.86. The van der Waals surface area contributed by atoms with E-state index < -0.39 is 12.1 Å². The van der Waals surface area contributed by atoms with E-state index in [0.717, 1.165) is 0 Å². The molecule has 0 aromatic rings. The van der Waals surface area contributed by atoms with Crippen LogP contribution >= 0.6 is 0 Å². The van der Waals surface area contributed by atoms with Crippen LogP contribution in [0.3, 0.4) is 0 Å². The Kier molecular flexibility index (Phi) is 9.40. The predicted molar refractivity (Wildman–Crippen MR) is 53.8 cm³/mol. The Labute approximate surface area is 89.2 Å².